The molecule has 0 saturated heterocycles. The van der Waals surface area contributed by atoms with Crippen LogP contribution in [-0.4, -0.2) is 29.8 Å². The number of hydrogen-bond donors (Lipinski definition) is 1. The Balaban J connectivity index is 2.03. The Bertz CT molecular complexity index is 922. The van der Waals surface area contributed by atoms with Gasteiger partial charge in [-0.05, 0) is 43.5 Å². The van der Waals surface area contributed by atoms with Gasteiger partial charge in [-0.1, -0.05) is 24.3 Å². The number of carboxylic acids is 1. The highest BCUT2D eigenvalue weighted by Gasteiger charge is 2.39. The molecule has 0 aliphatic heterocycles. The Kier molecular flexibility index (Phi) is 4.62. The number of rotatable bonds is 6. The molecule has 7 heteroatoms. The smallest absolute Gasteiger partial charge is 0.335 e. The third kappa shape index (κ3) is 3.43. The second kappa shape index (κ2) is 6.57. The minimum absolute atomic E-state index is 0.0457. The predicted octanol–water partition coefficient (Wildman–Crippen LogP) is 3.19. The highest BCUT2D eigenvalue weighted by atomic mass is 32.2. The molecule has 1 N–H and O–H groups in total. The number of halogens is 1. The second-order valence-corrected chi connectivity index (χ2v) is 7.97. The Morgan fingerprint density at radius 2 is 1.88 bits per heavy atom. The predicted molar refractivity (Wildman–Crippen MR) is 90.3 cm³/mol. The van der Waals surface area contributed by atoms with Crippen molar-refractivity contribution >= 4 is 16.0 Å². The summed E-state index contributed by atoms with van der Waals surface area (Å²) in [5.74, 6) is -1.64. The summed E-state index contributed by atoms with van der Waals surface area (Å²) in [6.07, 6.45) is 1.43. The minimum Gasteiger partial charge on any atom is -0.478 e. The Morgan fingerprint density at radius 3 is 2.48 bits per heavy atom. The van der Waals surface area contributed by atoms with Crippen molar-refractivity contribution in [2.45, 2.75) is 37.2 Å². The van der Waals surface area contributed by atoms with Gasteiger partial charge in [0.05, 0.1) is 10.5 Å². The summed E-state index contributed by atoms with van der Waals surface area (Å²) in [6, 6.07) is 10.1. The number of carbonyl (C=O) groups is 1. The van der Waals surface area contributed by atoms with Crippen LogP contribution in [0.15, 0.2) is 47.4 Å². The van der Waals surface area contributed by atoms with Crippen molar-refractivity contribution in [3.8, 4) is 0 Å². The number of benzene rings is 2. The second-order valence-electron chi connectivity index (χ2n) is 6.11. The lowest BCUT2D eigenvalue weighted by molar-refractivity contribution is 0.0696. The summed E-state index contributed by atoms with van der Waals surface area (Å²) in [5, 5.41) is 9.23. The van der Waals surface area contributed by atoms with Crippen molar-refractivity contribution < 1.29 is 22.7 Å². The van der Waals surface area contributed by atoms with Gasteiger partial charge in [-0.25, -0.2) is 17.6 Å². The van der Waals surface area contributed by atoms with Gasteiger partial charge < -0.3 is 5.11 Å². The van der Waals surface area contributed by atoms with Crippen LogP contribution in [-0.2, 0) is 16.6 Å². The molecule has 0 heterocycles. The quantitative estimate of drug-likeness (QED) is 0.855. The molecule has 1 saturated carbocycles. The first-order chi connectivity index (χ1) is 11.8. The molecule has 2 aromatic carbocycles. The van der Waals surface area contributed by atoms with E-state index < -0.39 is 21.8 Å². The molecule has 0 bridgehead atoms. The van der Waals surface area contributed by atoms with Gasteiger partial charge >= 0.3 is 5.97 Å². The average Bonchev–Trinajstić information content (AvgIpc) is 3.38. The molecule has 0 atom stereocenters. The normalized spacial score (nSPS) is 14.7. The maximum atomic E-state index is 14.0. The third-order valence-electron chi connectivity index (χ3n) is 4.34. The van der Waals surface area contributed by atoms with Gasteiger partial charge in [-0.15, -0.1) is 0 Å². The molecule has 2 aromatic rings. The SMILES string of the molecule is Cc1c(C(=O)O)cccc1S(=O)(=O)N(Cc1ccccc1F)C1CC1. The van der Waals surface area contributed by atoms with Crippen molar-refractivity contribution in [3.05, 3.63) is 65.0 Å². The van der Waals surface area contributed by atoms with Crippen LogP contribution in [0.2, 0.25) is 0 Å². The van der Waals surface area contributed by atoms with E-state index in [0.29, 0.717) is 18.4 Å². The molecule has 1 aliphatic carbocycles. The standard InChI is InChI=1S/C18H18FNO4S/c1-12-15(18(21)22)6-4-8-17(12)25(23,24)20(14-9-10-14)11-13-5-2-3-7-16(13)19/h2-8,14H,9-11H2,1H3,(H,21,22). The molecule has 0 spiro atoms. The molecular formula is C18H18FNO4S. The monoisotopic (exact) mass is 363 g/mol. The van der Waals surface area contributed by atoms with Crippen LogP contribution in [0.25, 0.3) is 0 Å². The summed E-state index contributed by atoms with van der Waals surface area (Å²) in [5.41, 5.74) is 0.432. The summed E-state index contributed by atoms with van der Waals surface area (Å²) in [6.45, 7) is 1.40. The largest absolute Gasteiger partial charge is 0.478 e. The fraction of sp³-hybridized carbons (Fsp3) is 0.278. The molecular weight excluding hydrogens is 345 g/mol. The van der Waals surface area contributed by atoms with E-state index in [1.165, 1.54) is 35.5 Å². The van der Waals surface area contributed by atoms with Crippen molar-refractivity contribution in [1.29, 1.82) is 0 Å². The van der Waals surface area contributed by atoms with Crippen molar-refractivity contribution in [2.24, 2.45) is 0 Å². The molecule has 0 unspecified atom stereocenters. The van der Waals surface area contributed by atoms with E-state index in [0.717, 1.165) is 0 Å². The first-order valence-corrected chi connectivity index (χ1v) is 9.34. The molecule has 132 valence electrons. The topological polar surface area (TPSA) is 74.7 Å². The van der Waals surface area contributed by atoms with Gasteiger partial charge in [0.15, 0.2) is 0 Å². The van der Waals surface area contributed by atoms with Crippen LogP contribution >= 0.6 is 0 Å². The zero-order valence-corrected chi connectivity index (χ0v) is 14.5. The molecule has 3 rings (SSSR count). The summed E-state index contributed by atoms with van der Waals surface area (Å²) >= 11 is 0. The molecule has 1 fully saturated rings. The summed E-state index contributed by atoms with van der Waals surface area (Å²) in [4.78, 5) is 11.2. The number of nitrogens with zero attached hydrogens (tertiary/aromatic N) is 1. The maximum Gasteiger partial charge on any atom is 0.335 e. The first-order valence-electron chi connectivity index (χ1n) is 7.90. The van der Waals surface area contributed by atoms with E-state index in [4.69, 9.17) is 0 Å². The van der Waals surface area contributed by atoms with Crippen molar-refractivity contribution in [1.82, 2.24) is 4.31 Å². The van der Waals surface area contributed by atoms with E-state index >= 15 is 0 Å². The van der Waals surface area contributed by atoms with E-state index in [1.54, 1.807) is 18.2 Å². The van der Waals surface area contributed by atoms with Crippen molar-refractivity contribution in [3.63, 3.8) is 0 Å². The fourth-order valence-corrected chi connectivity index (χ4v) is 4.73. The van der Waals surface area contributed by atoms with E-state index in [2.05, 4.69) is 0 Å². The van der Waals surface area contributed by atoms with Gasteiger partial charge in [-0.2, -0.15) is 4.31 Å². The van der Waals surface area contributed by atoms with E-state index in [1.807, 2.05) is 0 Å². The van der Waals surface area contributed by atoms with Gasteiger partial charge in [0, 0.05) is 18.2 Å². The Hall–Kier alpha value is -2.25. The number of sulfonamides is 1. The first kappa shape index (κ1) is 17.6. The lowest BCUT2D eigenvalue weighted by Gasteiger charge is -2.23. The molecule has 5 nitrogen and oxygen atoms in total. The zero-order chi connectivity index (χ0) is 18.2. The Labute approximate surface area is 145 Å². The van der Waals surface area contributed by atoms with E-state index in [9.17, 15) is 22.7 Å². The van der Waals surface area contributed by atoms with Gasteiger partial charge in [0.25, 0.3) is 0 Å². The lowest BCUT2D eigenvalue weighted by Crippen LogP contribution is -2.33. The maximum absolute atomic E-state index is 14.0. The summed E-state index contributed by atoms with van der Waals surface area (Å²) in [7, 11) is -3.94. The molecule has 0 amide bonds. The highest BCUT2D eigenvalue weighted by molar-refractivity contribution is 7.89. The lowest BCUT2D eigenvalue weighted by atomic mass is 10.1. The van der Waals surface area contributed by atoms with Crippen LogP contribution in [0.4, 0.5) is 4.39 Å². The molecule has 25 heavy (non-hydrogen) atoms. The van der Waals surface area contributed by atoms with Crippen LogP contribution in [0, 0.1) is 12.7 Å². The fourth-order valence-electron chi connectivity index (χ4n) is 2.82. The molecule has 1 aliphatic rings. The number of hydrogen-bond acceptors (Lipinski definition) is 3. The van der Waals surface area contributed by atoms with E-state index in [-0.39, 0.29) is 28.6 Å². The number of carboxylic acid groups (broad SMARTS) is 1. The van der Waals surface area contributed by atoms with Crippen LogP contribution < -0.4 is 0 Å². The van der Waals surface area contributed by atoms with Crippen LogP contribution in [0.3, 0.4) is 0 Å². The van der Waals surface area contributed by atoms with Gasteiger partial charge in [-0.3, -0.25) is 0 Å². The minimum atomic E-state index is -3.94. The average molecular weight is 363 g/mol. The highest BCUT2D eigenvalue weighted by Crippen LogP contribution is 2.35. The molecule has 0 aromatic heterocycles. The van der Waals surface area contributed by atoms with Crippen LogP contribution in [0.1, 0.15) is 34.3 Å². The van der Waals surface area contributed by atoms with Crippen LogP contribution in [0.5, 0.6) is 0 Å². The Morgan fingerprint density at radius 1 is 1.20 bits per heavy atom. The van der Waals surface area contributed by atoms with Gasteiger partial charge in [0.1, 0.15) is 5.82 Å². The zero-order valence-electron chi connectivity index (χ0n) is 13.6. The third-order valence-corrected chi connectivity index (χ3v) is 6.38. The summed E-state index contributed by atoms with van der Waals surface area (Å²) < 4.78 is 41.5. The molecule has 0 radical (unpaired) electrons. The number of aromatic carboxylic acids is 1. The van der Waals surface area contributed by atoms with Crippen molar-refractivity contribution in [2.75, 3.05) is 0 Å². The van der Waals surface area contributed by atoms with Gasteiger partial charge in [0.2, 0.25) is 10.0 Å².